The lowest BCUT2D eigenvalue weighted by molar-refractivity contribution is -0.0887. The average Bonchev–Trinajstić information content (AvgIpc) is 2.46. The van der Waals surface area contributed by atoms with Crippen LogP contribution in [-0.2, 0) is 11.3 Å². The summed E-state index contributed by atoms with van der Waals surface area (Å²) in [4.78, 5) is 7.05. The average molecular weight is 347 g/mol. The van der Waals surface area contributed by atoms with Crippen molar-refractivity contribution >= 4 is 6.21 Å². The number of ether oxygens (including phenoxy) is 2. The van der Waals surface area contributed by atoms with Crippen LogP contribution in [0.3, 0.4) is 0 Å². The Morgan fingerprint density at radius 2 is 1.92 bits per heavy atom. The van der Waals surface area contributed by atoms with Gasteiger partial charge in [-0.3, -0.25) is 4.99 Å². The topological polar surface area (TPSA) is 34.1 Å². The van der Waals surface area contributed by atoms with Crippen LogP contribution in [0.25, 0.3) is 0 Å². The minimum atomic E-state index is -0.0872. The molecule has 0 amide bonds. The molecule has 4 nitrogen and oxygen atoms in total. The second kappa shape index (κ2) is 8.33. The lowest BCUT2D eigenvalue weighted by atomic mass is 9.74. The third-order valence-electron chi connectivity index (χ3n) is 4.44. The van der Waals surface area contributed by atoms with Gasteiger partial charge in [0.2, 0.25) is 0 Å². The Kier molecular flexibility index (Phi) is 6.64. The Morgan fingerprint density at radius 1 is 1.24 bits per heavy atom. The van der Waals surface area contributed by atoms with Gasteiger partial charge in [0.05, 0.1) is 18.2 Å². The molecule has 0 N–H and O–H groups in total. The molecule has 1 aliphatic heterocycles. The highest BCUT2D eigenvalue weighted by molar-refractivity contribution is 5.66. The Hall–Kier alpha value is -1.39. The zero-order valence-corrected chi connectivity index (χ0v) is 16.7. The molecule has 0 unspecified atom stereocenters. The maximum Gasteiger partial charge on any atom is 0.119 e. The summed E-state index contributed by atoms with van der Waals surface area (Å²) in [5, 5.41) is 0. The van der Waals surface area contributed by atoms with Crippen LogP contribution in [0.15, 0.2) is 29.3 Å². The molecule has 1 aliphatic rings. The van der Waals surface area contributed by atoms with Crippen LogP contribution in [0.2, 0.25) is 0 Å². The van der Waals surface area contributed by atoms with Crippen molar-refractivity contribution in [3.63, 3.8) is 0 Å². The highest BCUT2D eigenvalue weighted by atomic mass is 16.5. The number of benzene rings is 1. The summed E-state index contributed by atoms with van der Waals surface area (Å²) < 4.78 is 11.6. The van der Waals surface area contributed by atoms with Gasteiger partial charge in [-0.1, -0.05) is 12.1 Å². The molecule has 1 fully saturated rings. The largest absolute Gasteiger partial charge is 0.491 e. The lowest BCUT2D eigenvalue weighted by Crippen LogP contribution is -2.47. The van der Waals surface area contributed by atoms with E-state index in [-0.39, 0.29) is 17.1 Å². The summed E-state index contributed by atoms with van der Waals surface area (Å²) >= 11 is 0. The first-order valence-corrected chi connectivity index (χ1v) is 9.25. The fourth-order valence-corrected chi connectivity index (χ4v) is 3.72. The molecule has 25 heavy (non-hydrogen) atoms. The highest BCUT2D eigenvalue weighted by Crippen LogP contribution is 2.38. The van der Waals surface area contributed by atoms with Gasteiger partial charge in [0.15, 0.2) is 0 Å². The number of hydrogen-bond donors (Lipinski definition) is 0. The van der Waals surface area contributed by atoms with Crippen molar-refractivity contribution in [2.75, 3.05) is 27.2 Å². The minimum absolute atomic E-state index is 0.0872. The Balaban J connectivity index is 2.03. The van der Waals surface area contributed by atoms with Crippen molar-refractivity contribution < 1.29 is 9.47 Å². The SMILES string of the molecule is CC(C)Oc1ccc(CN=C[C@@]2(CN(C)C)CCOC(C)(C)C2)cc1. The zero-order chi connectivity index (χ0) is 18.5. The van der Waals surface area contributed by atoms with Crippen molar-refractivity contribution in [2.24, 2.45) is 10.4 Å². The molecule has 1 saturated heterocycles. The Bertz CT molecular complexity index is 564. The summed E-state index contributed by atoms with van der Waals surface area (Å²) in [6, 6.07) is 8.25. The van der Waals surface area contributed by atoms with E-state index >= 15 is 0 Å². The van der Waals surface area contributed by atoms with Crippen LogP contribution in [0.4, 0.5) is 0 Å². The van der Waals surface area contributed by atoms with Gasteiger partial charge in [0.25, 0.3) is 0 Å². The van der Waals surface area contributed by atoms with Crippen LogP contribution in [0.5, 0.6) is 5.75 Å². The van der Waals surface area contributed by atoms with Gasteiger partial charge in [0, 0.05) is 24.8 Å². The second-order valence-electron chi connectivity index (χ2n) is 8.42. The van der Waals surface area contributed by atoms with Gasteiger partial charge in [-0.2, -0.15) is 0 Å². The fourth-order valence-electron chi connectivity index (χ4n) is 3.72. The van der Waals surface area contributed by atoms with Gasteiger partial charge in [-0.25, -0.2) is 0 Å². The maximum atomic E-state index is 5.92. The highest BCUT2D eigenvalue weighted by Gasteiger charge is 2.40. The summed E-state index contributed by atoms with van der Waals surface area (Å²) in [5.74, 6) is 0.915. The van der Waals surface area contributed by atoms with Crippen LogP contribution in [0.1, 0.15) is 46.1 Å². The lowest BCUT2D eigenvalue weighted by Gasteiger charge is -2.44. The molecular weight excluding hydrogens is 312 g/mol. The molecule has 4 heteroatoms. The molecule has 0 spiro atoms. The number of rotatable bonds is 7. The quantitative estimate of drug-likeness (QED) is 0.695. The predicted molar refractivity (Wildman–Crippen MR) is 105 cm³/mol. The third-order valence-corrected chi connectivity index (χ3v) is 4.44. The first-order valence-electron chi connectivity index (χ1n) is 9.25. The molecule has 0 aliphatic carbocycles. The molecule has 1 aromatic carbocycles. The second-order valence-corrected chi connectivity index (χ2v) is 8.42. The summed E-state index contributed by atoms with van der Waals surface area (Å²) in [5.41, 5.74) is 1.21. The van der Waals surface area contributed by atoms with Crippen molar-refractivity contribution in [1.82, 2.24) is 4.90 Å². The van der Waals surface area contributed by atoms with E-state index in [9.17, 15) is 0 Å². The first-order chi connectivity index (χ1) is 11.7. The van der Waals surface area contributed by atoms with Gasteiger partial charge >= 0.3 is 0 Å². The zero-order valence-electron chi connectivity index (χ0n) is 16.7. The third kappa shape index (κ3) is 6.44. The molecule has 1 atom stereocenters. The summed E-state index contributed by atoms with van der Waals surface area (Å²) in [7, 11) is 4.26. The molecule has 1 aromatic rings. The van der Waals surface area contributed by atoms with E-state index in [4.69, 9.17) is 14.5 Å². The molecule has 0 radical (unpaired) electrons. The van der Waals surface area contributed by atoms with E-state index in [0.717, 1.165) is 31.7 Å². The number of hydrogen-bond acceptors (Lipinski definition) is 4. The van der Waals surface area contributed by atoms with Gasteiger partial charge in [-0.15, -0.1) is 0 Å². The van der Waals surface area contributed by atoms with Crippen LogP contribution >= 0.6 is 0 Å². The van der Waals surface area contributed by atoms with Crippen LogP contribution < -0.4 is 4.74 Å². The Morgan fingerprint density at radius 3 is 2.48 bits per heavy atom. The van der Waals surface area contributed by atoms with Crippen LogP contribution in [0, 0.1) is 5.41 Å². The van der Waals surface area contributed by atoms with Gasteiger partial charge < -0.3 is 14.4 Å². The smallest absolute Gasteiger partial charge is 0.119 e. The van der Waals surface area contributed by atoms with E-state index in [0.29, 0.717) is 6.54 Å². The fraction of sp³-hybridized carbons (Fsp3) is 0.667. The van der Waals surface area contributed by atoms with Gasteiger partial charge in [0.1, 0.15) is 5.75 Å². The van der Waals surface area contributed by atoms with Crippen LogP contribution in [-0.4, -0.2) is 50.1 Å². The van der Waals surface area contributed by atoms with E-state index in [1.807, 2.05) is 26.0 Å². The van der Waals surface area contributed by atoms with E-state index in [2.05, 4.69) is 51.2 Å². The van der Waals surface area contributed by atoms with E-state index in [1.54, 1.807) is 0 Å². The van der Waals surface area contributed by atoms with E-state index < -0.39 is 0 Å². The van der Waals surface area contributed by atoms with Crippen molar-refractivity contribution in [3.8, 4) is 5.75 Å². The Labute approximate surface area is 153 Å². The van der Waals surface area contributed by atoms with Gasteiger partial charge in [-0.05, 0) is 72.3 Å². The molecule has 0 aromatic heterocycles. The molecule has 2 rings (SSSR count). The monoisotopic (exact) mass is 346 g/mol. The molecule has 0 saturated carbocycles. The predicted octanol–water partition coefficient (Wildman–Crippen LogP) is 4.18. The standard InChI is InChI=1S/C21H34N2O2/c1-17(2)25-19-9-7-18(8-10-19)13-22-15-21(16-23(5)6)11-12-24-20(3,4)14-21/h7-10,15,17H,11-14,16H2,1-6H3/t21-/m1/s1. The molecule has 0 bridgehead atoms. The molecule has 140 valence electrons. The number of aliphatic imine (C=N–C) groups is 1. The summed E-state index contributed by atoms with van der Waals surface area (Å²) in [6.45, 7) is 10.9. The maximum absolute atomic E-state index is 5.92. The number of nitrogens with zero attached hydrogens (tertiary/aromatic N) is 2. The van der Waals surface area contributed by atoms with Crippen molar-refractivity contribution in [3.05, 3.63) is 29.8 Å². The summed E-state index contributed by atoms with van der Waals surface area (Å²) in [6.07, 6.45) is 4.42. The van der Waals surface area contributed by atoms with Crippen molar-refractivity contribution in [1.29, 1.82) is 0 Å². The normalized spacial score (nSPS) is 23.5. The molecule has 1 heterocycles. The first kappa shape index (κ1) is 19.9. The molecular formula is C21H34N2O2. The van der Waals surface area contributed by atoms with E-state index in [1.165, 1.54) is 5.56 Å². The minimum Gasteiger partial charge on any atom is -0.491 e. The van der Waals surface area contributed by atoms with Crippen molar-refractivity contribution in [2.45, 2.75) is 58.8 Å².